The maximum atomic E-state index is 11.8. The molecular formula is C11H10ClF3N2O4. The second kappa shape index (κ2) is 7.23. The molecule has 1 N–H and O–H groups in total. The molecule has 0 aromatic heterocycles. The summed E-state index contributed by atoms with van der Waals surface area (Å²) in [6.07, 6.45) is -4.44. The van der Waals surface area contributed by atoms with Gasteiger partial charge in [-0.2, -0.15) is 13.2 Å². The molecule has 10 heteroatoms. The van der Waals surface area contributed by atoms with E-state index < -0.39 is 23.6 Å². The lowest BCUT2D eigenvalue weighted by Crippen LogP contribution is -2.29. The topological polar surface area (TPSA) is 81.5 Å². The molecule has 21 heavy (non-hydrogen) atoms. The first-order chi connectivity index (χ1) is 9.70. The molecule has 0 bridgehead atoms. The number of carbonyl (C=O) groups excluding carboxylic acids is 1. The molecule has 0 atom stereocenters. The monoisotopic (exact) mass is 326 g/mol. The van der Waals surface area contributed by atoms with Crippen molar-refractivity contribution in [3.05, 3.63) is 38.9 Å². The van der Waals surface area contributed by atoms with Crippen molar-refractivity contribution in [2.45, 2.75) is 6.18 Å². The maximum absolute atomic E-state index is 11.8. The fourth-order valence-corrected chi connectivity index (χ4v) is 1.52. The normalized spacial score (nSPS) is 11.2. The molecule has 1 amide bonds. The number of hydrogen-bond donors (Lipinski definition) is 1. The lowest BCUT2D eigenvalue weighted by atomic mass is 10.2. The van der Waals surface area contributed by atoms with Crippen LogP contribution in [0.1, 0.15) is 10.4 Å². The molecule has 116 valence electrons. The zero-order valence-corrected chi connectivity index (χ0v) is 11.2. The molecule has 0 aliphatic rings. The number of ether oxygens (including phenoxy) is 1. The second-order valence-corrected chi connectivity index (χ2v) is 4.25. The lowest BCUT2D eigenvalue weighted by Gasteiger charge is -2.09. The molecule has 0 spiro atoms. The average molecular weight is 327 g/mol. The summed E-state index contributed by atoms with van der Waals surface area (Å²) in [5, 5.41) is 12.8. The van der Waals surface area contributed by atoms with Gasteiger partial charge >= 0.3 is 6.18 Å². The van der Waals surface area contributed by atoms with Crippen LogP contribution in [0.4, 0.5) is 18.9 Å². The first-order valence-corrected chi connectivity index (χ1v) is 5.95. The number of amides is 1. The van der Waals surface area contributed by atoms with Crippen molar-refractivity contribution in [2.24, 2.45) is 0 Å². The smallest absolute Gasteiger partial charge is 0.370 e. The summed E-state index contributed by atoms with van der Waals surface area (Å²) in [6, 6.07) is 3.30. The Morgan fingerprint density at radius 1 is 1.43 bits per heavy atom. The maximum Gasteiger partial charge on any atom is 0.411 e. The van der Waals surface area contributed by atoms with Crippen molar-refractivity contribution >= 4 is 23.2 Å². The van der Waals surface area contributed by atoms with E-state index in [0.717, 1.165) is 12.1 Å². The van der Waals surface area contributed by atoms with E-state index in [2.05, 4.69) is 10.1 Å². The van der Waals surface area contributed by atoms with Gasteiger partial charge in [-0.3, -0.25) is 14.9 Å². The Hall–Kier alpha value is -1.87. The predicted molar refractivity (Wildman–Crippen MR) is 67.3 cm³/mol. The Bertz CT molecular complexity index is 537. The van der Waals surface area contributed by atoms with Crippen LogP contribution in [0.3, 0.4) is 0 Å². The Morgan fingerprint density at radius 3 is 2.67 bits per heavy atom. The molecule has 0 heterocycles. The minimum Gasteiger partial charge on any atom is -0.370 e. The number of nitrogens with zero attached hydrogens (tertiary/aromatic N) is 1. The number of carbonyl (C=O) groups is 1. The van der Waals surface area contributed by atoms with E-state index in [1.165, 1.54) is 6.07 Å². The lowest BCUT2D eigenvalue weighted by molar-refractivity contribution is -0.384. The van der Waals surface area contributed by atoms with Crippen molar-refractivity contribution in [3.63, 3.8) is 0 Å². The van der Waals surface area contributed by atoms with E-state index in [9.17, 15) is 28.1 Å². The van der Waals surface area contributed by atoms with Gasteiger partial charge in [0, 0.05) is 18.7 Å². The predicted octanol–water partition coefficient (Wildman–Crippen LogP) is 2.56. The van der Waals surface area contributed by atoms with Gasteiger partial charge in [0.15, 0.2) is 0 Å². The Morgan fingerprint density at radius 2 is 2.10 bits per heavy atom. The number of nitro benzene ring substituents is 1. The van der Waals surface area contributed by atoms with Gasteiger partial charge in [0.25, 0.3) is 11.6 Å². The van der Waals surface area contributed by atoms with Crippen molar-refractivity contribution in [3.8, 4) is 0 Å². The largest absolute Gasteiger partial charge is 0.411 e. The molecule has 0 unspecified atom stereocenters. The number of non-ortho nitro benzene ring substituents is 1. The SMILES string of the molecule is O=C(NCCOCC(F)(F)F)c1cc([N+](=O)[O-])ccc1Cl. The molecule has 0 fully saturated rings. The summed E-state index contributed by atoms with van der Waals surface area (Å²) in [6.45, 7) is -1.95. The first-order valence-electron chi connectivity index (χ1n) is 5.57. The Labute approximate surface area is 122 Å². The molecule has 1 aromatic carbocycles. The third-order valence-corrected chi connectivity index (χ3v) is 2.53. The quantitative estimate of drug-likeness (QED) is 0.495. The van der Waals surface area contributed by atoms with Crippen molar-refractivity contribution in [1.29, 1.82) is 0 Å². The van der Waals surface area contributed by atoms with E-state index in [1.807, 2.05) is 0 Å². The van der Waals surface area contributed by atoms with E-state index in [1.54, 1.807) is 0 Å². The summed E-state index contributed by atoms with van der Waals surface area (Å²) < 4.78 is 39.7. The van der Waals surface area contributed by atoms with Crippen LogP contribution in [0.5, 0.6) is 0 Å². The number of nitrogens with one attached hydrogen (secondary N) is 1. The van der Waals surface area contributed by atoms with Crippen molar-refractivity contribution in [2.75, 3.05) is 19.8 Å². The molecule has 0 aliphatic carbocycles. The number of nitro groups is 1. The van der Waals surface area contributed by atoms with Gasteiger partial charge in [0.1, 0.15) is 6.61 Å². The number of alkyl halides is 3. The van der Waals surface area contributed by atoms with Crippen LogP contribution < -0.4 is 5.32 Å². The highest BCUT2D eigenvalue weighted by molar-refractivity contribution is 6.33. The third-order valence-electron chi connectivity index (χ3n) is 2.20. The van der Waals surface area contributed by atoms with Gasteiger partial charge < -0.3 is 10.1 Å². The molecule has 0 aliphatic heterocycles. The van der Waals surface area contributed by atoms with Crippen LogP contribution in [0.15, 0.2) is 18.2 Å². The van der Waals surface area contributed by atoms with Gasteiger partial charge in [-0.15, -0.1) is 0 Å². The van der Waals surface area contributed by atoms with Gasteiger partial charge in [0.05, 0.1) is 22.1 Å². The minimum absolute atomic E-state index is 0.00527. The van der Waals surface area contributed by atoms with E-state index >= 15 is 0 Å². The summed E-state index contributed by atoms with van der Waals surface area (Å²) in [4.78, 5) is 21.6. The molecule has 6 nitrogen and oxygen atoms in total. The standard InChI is InChI=1S/C11H10ClF3N2O4/c12-9-2-1-7(17(19)20)5-8(9)10(18)16-3-4-21-6-11(13,14)15/h1-2,5H,3-4,6H2,(H,16,18). The molecule has 0 saturated heterocycles. The van der Waals surface area contributed by atoms with Gasteiger partial charge in [0.2, 0.25) is 0 Å². The number of halogens is 4. The van der Waals surface area contributed by atoms with E-state index in [0.29, 0.717) is 0 Å². The molecule has 0 saturated carbocycles. The minimum atomic E-state index is -4.44. The summed E-state index contributed by atoms with van der Waals surface area (Å²) in [7, 11) is 0. The average Bonchev–Trinajstić information content (AvgIpc) is 2.36. The Balaban J connectivity index is 2.52. The highest BCUT2D eigenvalue weighted by Gasteiger charge is 2.27. The molecule has 0 radical (unpaired) electrons. The van der Waals surface area contributed by atoms with Crippen LogP contribution in [-0.2, 0) is 4.74 Å². The second-order valence-electron chi connectivity index (χ2n) is 3.84. The van der Waals surface area contributed by atoms with Gasteiger partial charge in [-0.05, 0) is 6.07 Å². The van der Waals surface area contributed by atoms with Crippen LogP contribution >= 0.6 is 11.6 Å². The van der Waals surface area contributed by atoms with Crippen molar-refractivity contribution < 1.29 is 27.6 Å². The number of rotatable bonds is 6. The van der Waals surface area contributed by atoms with Gasteiger partial charge in [-0.1, -0.05) is 11.6 Å². The van der Waals surface area contributed by atoms with Crippen LogP contribution in [0.2, 0.25) is 5.02 Å². The van der Waals surface area contributed by atoms with Crippen molar-refractivity contribution in [1.82, 2.24) is 5.32 Å². The summed E-state index contributed by atoms with van der Waals surface area (Å²) in [5.74, 6) is -0.737. The zero-order valence-electron chi connectivity index (χ0n) is 10.4. The van der Waals surface area contributed by atoms with Gasteiger partial charge in [-0.25, -0.2) is 0 Å². The highest BCUT2D eigenvalue weighted by Crippen LogP contribution is 2.21. The third kappa shape index (κ3) is 5.96. The molecular weight excluding hydrogens is 317 g/mol. The fourth-order valence-electron chi connectivity index (χ4n) is 1.32. The first kappa shape index (κ1) is 17.2. The van der Waals surface area contributed by atoms with E-state index in [4.69, 9.17) is 11.6 Å². The molecule has 1 rings (SSSR count). The Kier molecular flexibility index (Phi) is 5.91. The molecule has 1 aromatic rings. The van der Waals surface area contributed by atoms with Crippen LogP contribution in [0, 0.1) is 10.1 Å². The fraction of sp³-hybridized carbons (Fsp3) is 0.364. The van der Waals surface area contributed by atoms with Crippen LogP contribution in [-0.4, -0.2) is 36.8 Å². The van der Waals surface area contributed by atoms with Crippen LogP contribution in [0.25, 0.3) is 0 Å². The zero-order chi connectivity index (χ0) is 16.0. The number of benzene rings is 1. The van der Waals surface area contributed by atoms with E-state index in [-0.39, 0.29) is 29.4 Å². The highest BCUT2D eigenvalue weighted by atomic mass is 35.5. The summed E-state index contributed by atoms with van der Waals surface area (Å²) >= 11 is 5.73. The number of hydrogen-bond acceptors (Lipinski definition) is 4. The summed E-state index contributed by atoms with van der Waals surface area (Å²) in [5.41, 5.74) is -0.459.